The van der Waals surface area contributed by atoms with Crippen LogP contribution in [0.4, 0.5) is 15.8 Å². The van der Waals surface area contributed by atoms with Gasteiger partial charge in [-0.3, -0.25) is 4.79 Å². The summed E-state index contributed by atoms with van der Waals surface area (Å²) in [5.74, 6) is -0.448. The number of hydrogen-bond acceptors (Lipinski definition) is 3. The van der Waals surface area contributed by atoms with Crippen molar-refractivity contribution in [1.82, 2.24) is 0 Å². The maximum absolute atomic E-state index is 13.4. The lowest BCUT2D eigenvalue weighted by Gasteiger charge is -2.13. The minimum absolute atomic E-state index is 0.0106. The first kappa shape index (κ1) is 10.7. The second-order valence-corrected chi connectivity index (χ2v) is 3.83. The zero-order valence-electron chi connectivity index (χ0n) is 9.13. The Labute approximate surface area is 92.8 Å². The van der Waals surface area contributed by atoms with Crippen LogP contribution in [0.2, 0.25) is 0 Å². The first-order valence-electron chi connectivity index (χ1n) is 5.04. The van der Waals surface area contributed by atoms with Crippen LogP contribution in [0, 0.1) is 5.82 Å². The van der Waals surface area contributed by atoms with E-state index in [9.17, 15) is 9.18 Å². The summed E-state index contributed by atoms with van der Waals surface area (Å²) in [7, 11) is 1.41. The Bertz CT molecular complexity index is 434. The number of carbonyl (C=O) groups is 1. The van der Waals surface area contributed by atoms with E-state index in [0.29, 0.717) is 17.8 Å². The van der Waals surface area contributed by atoms with E-state index >= 15 is 0 Å². The molecule has 1 heterocycles. The topological polar surface area (TPSA) is 50.4 Å². The highest BCUT2D eigenvalue weighted by Gasteiger charge is 2.19. The maximum Gasteiger partial charge on any atom is 0.226 e. The van der Waals surface area contributed by atoms with Crippen molar-refractivity contribution < 1.29 is 13.9 Å². The van der Waals surface area contributed by atoms with Crippen molar-refractivity contribution in [3.8, 4) is 5.75 Å². The SMILES string of the molecule is COc1cc2c(cc1F)NC(=O)CC(C)N2. The molecule has 0 spiro atoms. The fraction of sp³-hybridized carbons (Fsp3) is 0.364. The lowest BCUT2D eigenvalue weighted by molar-refractivity contribution is -0.116. The molecule has 2 N–H and O–H groups in total. The van der Waals surface area contributed by atoms with E-state index in [1.165, 1.54) is 13.2 Å². The monoisotopic (exact) mass is 224 g/mol. The van der Waals surface area contributed by atoms with Crippen LogP contribution in [0.1, 0.15) is 13.3 Å². The third-order valence-corrected chi connectivity index (χ3v) is 2.46. The highest BCUT2D eigenvalue weighted by molar-refractivity contribution is 5.96. The summed E-state index contributed by atoms with van der Waals surface area (Å²) < 4.78 is 18.3. The molecular formula is C11H13FN2O2. The van der Waals surface area contributed by atoms with Crippen molar-refractivity contribution in [2.24, 2.45) is 0 Å². The number of benzene rings is 1. The molecule has 86 valence electrons. The van der Waals surface area contributed by atoms with Crippen LogP contribution in [0.3, 0.4) is 0 Å². The molecule has 0 saturated heterocycles. The molecule has 1 aromatic carbocycles. The number of ether oxygens (including phenoxy) is 1. The second-order valence-electron chi connectivity index (χ2n) is 3.83. The lowest BCUT2D eigenvalue weighted by atomic mass is 10.2. The van der Waals surface area contributed by atoms with E-state index < -0.39 is 5.82 Å². The Balaban J connectivity index is 2.45. The molecule has 0 radical (unpaired) electrons. The Hall–Kier alpha value is -1.78. The summed E-state index contributed by atoms with van der Waals surface area (Å²) in [5, 5.41) is 5.77. The van der Waals surface area contributed by atoms with Crippen LogP contribution in [0.5, 0.6) is 5.75 Å². The van der Waals surface area contributed by atoms with Gasteiger partial charge in [0.2, 0.25) is 5.91 Å². The van der Waals surface area contributed by atoms with Crippen LogP contribution < -0.4 is 15.4 Å². The van der Waals surface area contributed by atoms with Gasteiger partial charge in [-0.25, -0.2) is 4.39 Å². The normalized spacial score (nSPS) is 19.2. The molecule has 0 aromatic heterocycles. The molecule has 1 aliphatic heterocycles. The Morgan fingerprint density at radius 3 is 2.88 bits per heavy atom. The van der Waals surface area contributed by atoms with E-state index in [0.717, 1.165) is 0 Å². The van der Waals surface area contributed by atoms with Gasteiger partial charge >= 0.3 is 0 Å². The molecule has 1 unspecified atom stereocenters. The lowest BCUT2D eigenvalue weighted by Crippen LogP contribution is -2.18. The van der Waals surface area contributed by atoms with Crippen molar-refractivity contribution >= 4 is 17.3 Å². The molecule has 5 heteroatoms. The van der Waals surface area contributed by atoms with Gasteiger partial charge in [-0.1, -0.05) is 0 Å². The van der Waals surface area contributed by atoms with E-state index in [4.69, 9.17) is 4.74 Å². The summed E-state index contributed by atoms with van der Waals surface area (Å²) >= 11 is 0. The van der Waals surface area contributed by atoms with Crippen molar-refractivity contribution in [2.75, 3.05) is 17.7 Å². The number of amides is 1. The first-order valence-corrected chi connectivity index (χ1v) is 5.04. The average Bonchev–Trinajstić information content (AvgIpc) is 2.33. The molecule has 0 bridgehead atoms. The molecular weight excluding hydrogens is 211 g/mol. The molecule has 1 aromatic rings. The first-order chi connectivity index (χ1) is 7.60. The van der Waals surface area contributed by atoms with Gasteiger partial charge in [0.05, 0.1) is 18.5 Å². The Morgan fingerprint density at radius 1 is 1.44 bits per heavy atom. The smallest absolute Gasteiger partial charge is 0.226 e. The van der Waals surface area contributed by atoms with Gasteiger partial charge in [0, 0.05) is 24.6 Å². The molecule has 16 heavy (non-hydrogen) atoms. The van der Waals surface area contributed by atoms with Crippen LogP contribution in [-0.2, 0) is 4.79 Å². The predicted molar refractivity (Wildman–Crippen MR) is 59.3 cm³/mol. The van der Waals surface area contributed by atoms with Crippen molar-refractivity contribution in [2.45, 2.75) is 19.4 Å². The zero-order chi connectivity index (χ0) is 11.7. The third-order valence-electron chi connectivity index (χ3n) is 2.46. The summed E-state index contributed by atoms with van der Waals surface area (Å²) in [4.78, 5) is 11.4. The molecule has 1 atom stereocenters. The van der Waals surface area contributed by atoms with Gasteiger partial charge in [-0.15, -0.1) is 0 Å². The molecule has 0 fully saturated rings. The number of rotatable bonds is 1. The third kappa shape index (κ3) is 1.93. The summed E-state index contributed by atoms with van der Waals surface area (Å²) in [5.41, 5.74) is 1.13. The van der Waals surface area contributed by atoms with Gasteiger partial charge in [-0.2, -0.15) is 0 Å². The molecule has 2 rings (SSSR count). The van der Waals surface area contributed by atoms with E-state index in [-0.39, 0.29) is 17.7 Å². The number of fused-ring (bicyclic) bond motifs is 1. The standard InChI is InChI=1S/C11H13FN2O2/c1-6-3-11(15)14-8-4-7(12)10(16-2)5-9(8)13-6/h4-6,13H,3H2,1-2H3,(H,14,15). The van der Waals surface area contributed by atoms with Gasteiger partial charge < -0.3 is 15.4 Å². The molecule has 4 nitrogen and oxygen atoms in total. The van der Waals surface area contributed by atoms with Gasteiger partial charge in [0.25, 0.3) is 0 Å². The van der Waals surface area contributed by atoms with Gasteiger partial charge in [0.15, 0.2) is 11.6 Å². The highest BCUT2D eigenvalue weighted by atomic mass is 19.1. The van der Waals surface area contributed by atoms with Crippen molar-refractivity contribution in [1.29, 1.82) is 0 Å². The van der Waals surface area contributed by atoms with E-state index in [1.54, 1.807) is 6.07 Å². The Morgan fingerprint density at radius 2 is 2.19 bits per heavy atom. The molecule has 1 aliphatic rings. The second kappa shape index (κ2) is 4.00. The minimum atomic E-state index is -0.488. The van der Waals surface area contributed by atoms with Crippen molar-refractivity contribution in [3.05, 3.63) is 17.9 Å². The molecule has 0 aliphatic carbocycles. The quantitative estimate of drug-likeness (QED) is 0.766. The fourth-order valence-electron chi connectivity index (χ4n) is 1.73. The average molecular weight is 224 g/mol. The van der Waals surface area contributed by atoms with Crippen LogP contribution in [0.15, 0.2) is 12.1 Å². The predicted octanol–water partition coefficient (Wildman–Crippen LogP) is 1.98. The minimum Gasteiger partial charge on any atom is -0.494 e. The van der Waals surface area contributed by atoms with Gasteiger partial charge in [-0.05, 0) is 6.92 Å². The van der Waals surface area contributed by atoms with Crippen molar-refractivity contribution in [3.63, 3.8) is 0 Å². The fourth-order valence-corrected chi connectivity index (χ4v) is 1.73. The largest absolute Gasteiger partial charge is 0.494 e. The number of carbonyl (C=O) groups excluding carboxylic acids is 1. The van der Waals surface area contributed by atoms with Gasteiger partial charge in [0.1, 0.15) is 0 Å². The zero-order valence-corrected chi connectivity index (χ0v) is 9.13. The number of methoxy groups -OCH3 is 1. The highest BCUT2D eigenvalue weighted by Crippen LogP contribution is 2.32. The summed E-state index contributed by atoms with van der Waals surface area (Å²) in [6.07, 6.45) is 0.360. The van der Waals surface area contributed by atoms with Crippen LogP contribution >= 0.6 is 0 Å². The molecule has 0 saturated carbocycles. The number of nitrogens with one attached hydrogen (secondary N) is 2. The summed E-state index contributed by atoms with van der Waals surface area (Å²) in [6.45, 7) is 1.89. The number of halogens is 1. The van der Waals surface area contributed by atoms with E-state index in [2.05, 4.69) is 10.6 Å². The number of hydrogen-bond donors (Lipinski definition) is 2. The van der Waals surface area contributed by atoms with Crippen LogP contribution in [0.25, 0.3) is 0 Å². The summed E-state index contributed by atoms with van der Waals surface area (Å²) in [6, 6.07) is 2.82. The van der Waals surface area contributed by atoms with Crippen LogP contribution in [-0.4, -0.2) is 19.1 Å². The molecule has 1 amide bonds. The van der Waals surface area contributed by atoms with E-state index in [1.807, 2.05) is 6.92 Å². The Kier molecular flexibility index (Phi) is 2.68. The number of anilines is 2. The maximum atomic E-state index is 13.4.